The Bertz CT molecular complexity index is 708. The first-order valence-electron chi connectivity index (χ1n) is 11.7. The van der Waals surface area contributed by atoms with E-state index < -0.39 is 0 Å². The summed E-state index contributed by atoms with van der Waals surface area (Å²) in [7, 11) is 0. The molecule has 3 nitrogen and oxygen atoms in total. The molecule has 1 aromatic carbocycles. The minimum Gasteiger partial charge on any atom is -0.382 e. The minimum absolute atomic E-state index is 0.331. The maximum Gasteiger partial charge on any atom is 0.0614 e. The quantitative estimate of drug-likeness (QED) is 0.105. The van der Waals surface area contributed by atoms with Gasteiger partial charge in [0.1, 0.15) is 0 Å². The largest absolute Gasteiger partial charge is 0.382 e. The number of hydrogen-bond acceptors (Lipinski definition) is 3. The summed E-state index contributed by atoms with van der Waals surface area (Å²) in [5.41, 5.74) is 6.26. The summed E-state index contributed by atoms with van der Waals surface area (Å²) in [6.07, 6.45) is 11.9. The Morgan fingerprint density at radius 1 is 1.16 bits per heavy atom. The van der Waals surface area contributed by atoms with Gasteiger partial charge in [0.15, 0.2) is 0 Å². The predicted octanol–water partition coefficient (Wildman–Crippen LogP) is 7.34. The summed E-state index contributed by atoms with van der Waals surface area (Å²) in [5.74, 6) is 0.694. The van der Waals surface area contributed by atoms with Gasteiger partial charge in [0.05, 0.1) is 5.49 Å². The second kappa shape index (κ2) is 19.5. The van der Waals surface area contributed by atoms with Crippen LogP contribution in [-0.2, 0) is 0 Å². The molecule has 0 aliphatic rings. The van der Waals surface area contributed by atoms with Gasteiger partial charge in [-0.15, -0.1) is 6.58 Å². The zero-order valence-corrected chi connectivity index (χ0v) is 21.6. The van der Waals surface area contributed by atoms with Gasteiger partial charge in [-0.25, -0.2) is 0 Å². The number of hydrogen-bond donors (Lipinski definition) is 3. The third-order valence-corrected chi connectivity index (χ3v) is 5.27. The zero-order chi connectivity index (χ0) is 24.2. The van der Waals surface area contributed by atoms with E-state index in [0.717, 1.165) is 43.7 Å². The second-order valence-electron chi connectivity index (χ2n) is 8.25. The maximum atomic E-state index is 4.75. The Morgan fingerprint density at radius 2 is 1.84 bits per heavy atom. The summed E-state index contributed by atoms with van der Waals surface area (Å²) < 4.78 is 0. The first-order chi connectivity index (χ1) is 15.4. The number of aryl methyl sites for hydroxylation is 1. The van der Waals surface area contributed by atoms with E-state index in [2.05, 4.69) is 68.6 Å². The van der Waals surface area contributed by atoms with E-state index in [4.69, 9.17) is 12.2 Å². The van der Waals surface area contributed by atoms with Gasteiger partial charge in [-0.2, -0.15) is 0 Å². The fourth-order valence-corrected chi connectivity index (χ4v) is 3.18. The van der Waals surface area contributed by atoms with Crippen molar-refractivity contribution < 1.29 is 0 Å². The molecule has 0 bridgehead atoms. The van der Waals surface area contributed by atoms with Gasteiger partial charge in [0, 0.05) is 24.0 Å². The van der Waals surface area contributed by atoms with Gasteiger partial charge in [-0.3, -0.25) is 0 Å². The Morgan fingerprint density at radius 3 is 2.41 bits per heavy atom. The molecule has 1 rings (SSSR count). The van der Waals surface area contributed by atoms with Gasteiger partial charge in [-0.05, 0) is 63.6 Å². The van der Waals surface area contributed by atoms with Crippen LogP contribution in [0.3, 0.4) is 0 Å². The van der Waals surface area contributed by atoms with Crippen LogP contribution < -0.4 is 16.0 Å². The van der Waals surface area contributed by atoms with E-state index in [0.29, 0.717) is 12.0 Å². The standard InChI is InChI=1S/C18H32N2S.C10H13N/c1-5-8-9-17(6-2)14-18(7-3)20-13-11-16(4)10-12-19-15-21;1-8(2)11-10-7-5-4-6-9(10)3/h6-7,9,15-16,18,20H,2-3,5,8,10-14H2,1,4H3,(H,19,21);4-7,11H,1H2,2-3H3/b17-9+;. The molecule has 3 N–H and O–H groups in total. The number of unbranched alkanes of at least 4 members (excludes halogenated alkanes) is 1. The first kappa shape index (κ1) is 29.8. The van der Waals surface area contributed by atoms with Crippen LogP contribution in [-0.4, -0.2) is 24.6 Å². The maximum absolute atomic E-state index is 4.75. The molecule has 0 aromatic heterocycles. The molecule has 0 saturated heterocycles. The lowest BCUT2D eigenvalue weighted by Crippen LogP contribution is -2.29. The van der Waals surface area contributed by atoms with Crippen LogP contribution in [0.4, 0.5) is 5.69 Å². The molecular weight excluding hydrogens is 410 g/mol. The van der Waals surface area contributed by atoms with Gasteiger partial charge < -0.3 is 16.0 Å². The number of nitrogens with one attached hydrogen (secondary N) is 3. The third kappa shape index (κ3) is 15.6. The fourth-order valence-electron chi connectivity index (χ4n) is 3.06. The van der Waals surface area contributed by atoms with Crippen LogP contribution in [0.25, 0.3) is 0 Å². The van der Waals surface area contributed by atoms with Crippen molar-refractivity contribution >= 4 is 23.4 Å². The average molecular weight is 456 g/mol. The zero-order valence-electron chi connectivity index (χ0n) is 20.8. The van der Waals surface area contributed by atoms with Crippen LogP contribution in [0.1, 0.15) is 58.4 Å². The number of allylic oxidation sites excluding steroid dienone is 3. The molecule has 32 heavy (non-hydrogen) atoms. The molecule has 0 fully saturated rings. The van der Waals surface area contributed by atoms with E-state index in [9.17, 15) is 0 Å². The van der Waals surface area contributed by atoms with E-state index in [-0.39, 0.29) is 0 Å². The third-order valence-electron chi connectivity index (χ3n) is 5.10. The van der Waals surface area contributed by atoms with E-state index in [1.165, 1.54) is 24.0 Å². The lowest BCUT2D eigenvalue weighted by Gasteiger charge is -2.17. The normalized spacial score (nSPS) is 12.6. The number of para-hydroxylation sites is 1. The Balaban J connectivity index is 0.000000726. The van der Waals surface area contributed by atoms with Gasteiger partial charge in [-0.1, -0.05) is 87.6 Å². The highest BCUT2D eigenvalue weighted by atomic mass is 32.1. The predicted molar refractivity (Wildman–Crippen MR) is 149 cm³/mol. The van der Waals surface area contributed by atoms with Crippen molar-refractivity contribution in [2.75, 3.05) is 18.4 Å². The molecule has 0 saturated carbocycles. The van der Waals surface area contributed by atoms with Gasteiger partial charge in [0.2, 0.25) is 0 Å². The molecule has 0 radical (unpaired) electrons. The van der Waals surface area contributed by atoms with E-state index in [1.54, 1.807) is 5.49 Å². The molecule has 0 heterocycles. The van der Waals surface area contributed by atoms with Crippen molar-refractivity contribution in [1.82, 2.24) is 10.6 Å². The summed E-state index contributed by atoms with van der Waals surface area (Å²) in [5, 5.41) is 9.83. The number of benzene rings is 1. The number of anilines is 1. The second-order valence-corrected chi connectivity index (χ2v) is 8.48. The smallest absolute Gasteiger partial charge is 0.0614 e. The lowest BCUT2D eigenvalue weighted by atomic mass is 10.0. The Labute approximate surface area is 203 Å². The van der Waals surface area contributed by atoms with E-state index in [1.807, 2.05) is 37.3 Å². The molecule has 2 atom stereocenters. The molecule has 0 spiro atoms. The van der Waals surface area contributed by atoms with Crippen molar-refractivity contribution in [3.63, 3.8) is 0 Å². The Kier molecular flexibility index (Phi) is 18.2. The number of thiocarbonyl (C=S) groups is 1. The van der Waals surface area contributed by atoms with Crippen molar-refractivity contribution in [3.8, 4) is 0 Å². The summed E-state index contributed by atoms with van der Waals surface area (Å²) in [4.78, 5) is 0. The molecule has 0 aliphatic carbocycles. The van der Waals surface area contributed by atoms with Crippen molar-refractivity contribution in [2.45, 2.75) is 65.8 Å². The molecule has 4 heteroatoms. The molecular formula is C28H45N3S. The topological polar surface area (TPSA) is 36.1 Å². The van der Waals surface area contributed by atoms with Crippen LogP contribution in [0.15, 0.2) is 73.5 Å². The molecule has 178 valence electrons. The summed E-state index contributed by atoms with van der Waals surface area (Å²) >= 11 is 4.75. The highest BCUT2D eigenvalue weighted by Crippen LogP contribution is 2.14. The Hall–Kier alpha value is -2.17. The molecule has 2 unspecified atom stereocenters. The summed E-state index contributed by atoms with van der Waals surface area (Å²) in [6, 6.07) is 8.49. The lowest BCUT2D eigenvalue weighted by molar-refractivity contribution is 0.455. The molecule has 0 amide bonds. The first-order valence-corrected chi connectivity index (χ1v) is 12.2. The fraction of sp³-hybridized carbons (Fsp3) is 0.464. The minimum atomic E-state index is 0.331. The van der Waals surface area contributed by atoms with Crippen molar-refractivity contribution in [3.05, 3.63) is 79.1 Å². The molecule has 1 aromatic rings. The SMILES string of the molecule is C=C(C)Nc1ccccc1C.C=C/C(=C\CCC)CC(C=C)NCCC(C)CCNC=S. The van der Waals surface area contributed by atoms with Crippen LogP contribution >= 0.6 is 12.2 Å². The van der Waals surface area contributed by atoms with Crippen molar-refractivity contribution in [1.29, 1.82) is 0 Å². The van der Waals surface area contributed by atoms with Gasteiger partial charge >= 0.3 is 0 Å². The van der Waals surface area contributed by atoms with Crippen LogP contribution in [0, 0.1) is 12.8 Å². The van der Waals surface area contributed by atoms with Crippen LogP contribution in [0.2, 0.25) is 0 Å². The van der Waals surface area contributed by atoms with Crippen molar-refractivity contribution in [2.24, 2.45) is 5.92 Å². The highest BCUT2D eigenvalue weighted by Gasteiger charge is 2.07. The van der Waals surface area contributed by atoms with E-state index >= 15 is 0 Å². The highest BCUT2D eigenvalue weighted by molar-refractivity contribution is 7.78. The summed E-state index contributed by atoms with van der Waals surface area (Å²) in [6.45, 7) is 22.1. The molecule has 0 aliphatic heterocycles. The van der Waals surface area contributed by atoms with Crippen LogP contribution in [0.5, 0.6) is 0 Å². The number of rotatable bonds is 16. The monoisotopic (exact) mass is 455 g/mol. The van der Waals surface area contributed by atoms with Gasteiger partial charge in [0.25, 0.3) is 0 Å². The average Bonchev–Trinajstić information content (AvgIpc) is 2.77.